The molecule has 0 saturated heterocycles. The lowest BCUT2D eigenvalue weighted by Crippen LogP contribution is -2.39. The molecule has 6 rings (SSSR count). The number of carboxylic acid groups (broad SMARTS) is 1. The second-order valence-corrected chi connectivity index (χ2v) is 10.8. The Labute approximate surface area is 238 Å². The number of fused-ring (bicyclic) bond motifs is 2. The zero-order valence-corrected chi connectivity index (χ0v) is 22.4. The van der Waals surface area contributed by atoms with Crippen molar-refractivity contribution < 1.29 is 51.2 Å². The van der Waals surface area contributed by atoms with Gasteiger partial charge in [0.2, 0.25) is 5.91 Å². The third-order valence-corrected chi connectivity index (χ3v) is 7.99. The molecule has 2 atom stereocenters. The van der Waals surface area contributed by atoms with Crippen molar-refractivity contribution in [3.05, 3.63) is 81.3 Å². The van der Waals surface area contributed by atoms with Gasteiger partial charge < -0.3 is 29.4 Å². The van der Waals surface area contributed by atoms with Crippen molar-refractivity contribution in [3.8, 4) is 23.0 Å². The molecule has 214 valence electrons. The molecule has 0 aromatic heterocycles. The third-order valence-electron chi connectivity index (χ3n) is 7.33. The molecule has 41 heavy (non-hydrogen) atoms. The van der Waals surface area contributed by atoms with Gasteiger partial charge in [0.1, 0.15) is 17.6 Å². The molecule has 0 spiro atoms. The first-order chi connectivity index (χ1) is 19.4. The Balaban J connectivity index is 1.30. The van der Waals surface area contributed by atoms with E-state index in [2.05, 4.69) is 35.5 Å². The summed E-state index contributed by atoms with van der Waals surface area (Å²) in [5.74, 6) is -1.72. The number of rotatable bonds is 7. The molecule has 8 nitrogen and oxygen atoms in total. The van der Waals surface area contributed by atoms with Crippen LogP contribution in [0.15, 0.2) is 59.1 Å². The Kier molecular flexibility index (Phi) is 6.51. The third kappa shape index (κ3) is 5.14. The molecule has 1 fully saturated rings. The van der Waals surface area contributed by atoms with Crippen LogP contribution in [-0.2, 0) is 10.2 Å². The predicted molar refractivity (Wildman–Crippen MR) is 137 cm³/mol. The van der Waals surface area contributed by atoms with Crippen LogP contribution in [-0.4, -0.2) is 29.9 Å². The summed E-state index contributed by atoms with van der Waals surface area (Å²) in [5.41, 5.74) is 0.651. The van der Waals surface area contributed by atoms with E-state index < -0.39 is 36.4 Å². The van der Waals surface area contributed by atoms with Gasteiger partial charge in [0.05, 0.1) is 17.0 Å². The van der Waals surface area contributed by atoms with Crippen LogP contribution in [0.1, 0.15) is 58.5 Å². The molecule has 2 heterocycles. The Morgan fingerprint density at radius 1 is 1.00 bits per heavy atom. The van der Waals surface area contributed by atoms with Crippen molar-refractivity contribution in [1.29, 1.82) is 0 Å². The van der Waals surface area contributed by atoms with Gasteiger partial charge in [-0.05, 0) is 60.4 Å². The zero-order valence-electron chi connectivity index (χ0n) is 20.8. The monoisotopic (exact) mass is 637 g/mol. The van der Waals surface area contributed by atoms with E-state index in [4.69, 9.17) is 4.74 Å². The highest BCUT2D eigenvalue weighted by Crippen LogP contribution is 2.55. The van der Waals surface area contributed by atoms with Crippen molar-refractivity contribution >= 4 is 27.8 Å². The molecule has 2 aliphatic heterocycles. The summed E-state index contributed by atoms with van der Waals surface area (Å²) in [5, 5.41) is 12.3. The van der Waals surface area contributed by atoms with E-state index in [0.29, 0.717) is 34.0 Å². The first kappa shape index (κ1) is 27.2. The number of hydrogen-bond acceptors (Lipinski definition) is 6. The molecular formula is C28H20BrF4NO7. The number of alkyl halides is 4. The van der Waals surface area contributed by atoms with Crippen LogP contribution in [0.5, 0.6) is 23.0 Å². The van der Waals surface area contributed by atoms with Crippen LogP contribution in [0, 0.1) is 0 Å². The zero-order chi connectivity index (χ0) is 29.1. The van der Waals surface area contributed by atoms with Gasteiger partial charge in [0.25, 0.3) is 0 Å². The van der Waals surface area contributed by atoms with Gasteiger partial charge in [0.15, 0.2) is 11.5 Å². The maximum Gasteiger partial charge on any atom is 0.586 e. The molecular weight excluding hydrogens is 618 g/mol. The molecule has 0 bridgehead atoms. The maximum absolute atomic E-state index is 13.8. The number of benzene rings is 3. The van der Waals surface area contributed by atoms with Crippen molar-refractivity contribution in [2.45, 2.75) is 49.7 Å². The number of nitrogens with one attached hydrogen (secondary N) is 1. The second kappa shape index (κ2) is 9.82. The highest BCUT2D eigenvalue weighted by molar-refractivity contribution is 9.10. The molecule has 2 N–H and O–H groups in total. The Bertz CT molecular complexity index is 1550. The molecule has 3 aromatic rings. The van der Waals surface area contributed by atoms with Crippen molar-refractivity contribution in [3.63, 3.8) is 0 Å². The summed E-state index contributed by atoms with van der Waals surface area (Å²) in [6.07, 6.45) is -3.33. The standard InChI is InChI=1S/C28H20BrF4NO7/c29-18-11-23-22(40-28(32,33)41-23)10-17(18)27(7-8-27)25(37)34-19-12-20(13-1-3-14(4-2-13)24(35)36)39-21-9-15(38-26(30)31)5-6-16(19)21/h1-6,9-11,19-20,26H,7-8,12H2,(H,34,37)(H,35,36)/t19-,20-/m1/s1. The average molecular weight is 638 g/mol. The number of carbonyl (C=O) groups is 2. The van der Waals surface area contributed by atoms with E-state index in [-0.39, 0.29) is 40.9 Å². The molecule has 1 saturated carbocycles. The second-order valence-electron chi connectivity index (χ2n) is 9.90. The van der Waals surface area contributed by atoms with E-state index >= 15 is 0 Å². The SMILES string of the molecule is O=C(O)c1ccc([C@H]2C[C@@H](NC(=O)C3(c4cc5c(cc4Br)OC(F)(F)O5)CC3)c3ccc(OC(F)F)cc3O2)cc1. The Morgan fingerprint density at radius 2 is 1.68 bits per heavy atom. The molecule has 1 amide bonds. The summed E-state index contributed by atoms with van der Waals surface area (Å²) < 4.78 is 73.1. The van der Waals surface area contributed by atoms with E-state index in [9.17, 15) is 32.3 Å². The Morgan fingerprint density at radius 3 is 2.32 bits per heavy atom. The molecule has 3 aliphatic rings. The average Bonchev–Trinajstić information content (AvgIpc) is 3.65. The maximum atomic E-state index is 13.8. The fraction of sp³-hybridized carbons (Fsp3) is 0.286. The minimum atomic E-state index is -3.81. The number of carbonyl (C=O) groups excluding carboxylic acids is 1. The van der Waals surface area contributed by atoms with Gasteiger partial charge in [0, 0.05) is 22.5 Å². The number of aromatic carboxylic acids is 1. The van der Waals surface area contributed by atoms with Crippen LogP contribution in [0.3, 0.4) is 0 Å². The quantitative estimate of drug-likeness (QED) is 0.286. The number of ether oxygens (including phenoxy) is 4. The number of hydrogen-bond donors (Lipinski definition) is 2. The van der Waals surface area contributed by atoms with Gasteiger partial charge in [-0.15, -0.1) is 8.78 Å². The van der Waals surface area contributed by atoms with Crippen LogP contribution in [0.2, 0.25) is 0 Å². The van der Waals surface area contributed by atoms with Crippen molar-refractivity contribution in [2.24, 2.45) is 0 Å². The van der Waals surface area contributed by atoms with Gasteiger partial charge in [-0.25, -0.2) is 4.79 Å². The van der Waals surface area contributed by atoms with Gasteiger partial charge in [-0.2, -0.15) is 8.78 Å². The molecule has 3 aromatic carbocycles. The van der Waals surface area contributed by atoms with Crippen molar-refractivity contribution in [1.82, 2.24) is 5.32 Å². The normalized spacial score (nSPS) is 21.0. The van der Waals surface area contributed by atoms with Crippen LogP contribution in [0.4, 0.5) is 17.6 Å². The first-order valence-electron chi connectivity index (χ1n) is 12.4. The van der Waals surface area contributed by atoms with E-state index in [1.165, 1.54) is 42.5 Å². The smallest absolute Gasteiger partial charge is 0.485 e. The minimum Gasteiger partial charge on any atom is -0.485 e. The minimum absolute atomic E-state index is 0.0742. The fourth-order valence-electron chi connectivity index (χ4n) is 5.18. The number of amides is 1. The van der Waals surface area contributed by atoms with Crippen LogP contribution < -0.4 is 24.3 Å². The first-order valence-corrected chi connectivity index (χ1v) is 13.2. The van der Waals surface area contributed by atoms with E-state index in [1.54, 1.807) is 12.1 Å². The van der Waals surface area contributed by atoms with Crippen LogP contribution >= 0.6 is 15.9 Å². The lowest BCUT2D eigenvalue weighted by Gasteiger charge is -2.34. The molecule has 0 radical (unpaired) electrons. The van der Waals surface area contributed by atoms with Crippen LogP contribution in [0.25, 0.3) is 0 Å². The van der Waals surface area contributed by atoms with Gasteiger partial charge in [-0.3, -0.25) is 4.79 Å². The summed E-state index contributed by atoms with van der Waals surface area (Å²) in [6.45, 7) is -3.05. The highest BCUT2D eigenvalue weighted by Gasteiger charge is 2.54. The number of halogens is 5. The largest absolute Gasteiger partial charge is 0.586 e. The molecule has 1 aliphatic carbocycles. The molecule has 13 heteroatoms. The summed E-state index contributed by atoms with van der Waals surface area (Å²) in [7, 11) is 0. The number of carboxylic acids is 1. The summed E-state index contributed by atoms with van der Waals surface area (Å²) >= 11 is 3.37. The predicted octanol–water partition coefficient (Wildman–Crippen LogP) is 6.48. The lowest BCUT2D eigenvalue weighted by atomic mass is 9.90. The highest BCUT2D eigenvalue weighted by atomic mass is 79.9. The fourth-order valence-corrected chi connectivity index (χ4v) is 5.88. The Hall–Kier alpha value is -4.00. The lowest BCUT2D eigenvalue weighted by molar-refractivity contribution is -0.286. The van der Waals surface area contributed by atoms with Crippen molar-refractivity contribution in [2.75, 3.05) is 0 Å². The summed E-state index contributed by atoms with van der Waals surface area (Å²) in [4.78, 5) is 25.1. The van der Waals surface area contributed by atoms with E-state index in [1.807, 2.05) is 0 Å². The topological polar surface area (TPSA) is 103 Å². The van der Waals surface area contributed by atoms with Gasteiger partial charge >= 0.3 is 18.9 Å². The summed E-state index contributed by atoms with van der Waals surface area (Å²) in [6, 6.07) is 12.2. The van der Waals surface area contributed by atoms with Gasteiger partial charge in [-0.1, -0.05) is 28.1 Å². The molecule has 0 unspecified atom stereocenters. The van der Waals surface area contributed by atoms with E-state index in [0.717, 1.165) is 0 Å².